The second-order valence-electron chi connectivity index (χ2n) is 1.59. The molecule has 0 aromatic carbocycles. The van der Waals surface area contributed by atoms with E-state index < -0.39 is 13.3 Å². The van der Waals surface area contributed by atoms with Crippen molar-refractivity contribution in [3.05, 3.63) is 0 Å². The van der Waals surface area contributed by atoms with Crippen LogP contribution in [0.2, 0.25) is 0 Å². The van der Waals surface area contributed by atoms with Crippen molar-refractivity contribution in [1.82, 2.24) is 0 Å². The Labute approximate surface area is 52.8 Å². The monoisotopic (exact) mass is 158 g/mol. The van der Waals surface area contributed by atoms with Gasteiger partial charge in [0.05, 0.1) is 5.66 Å². The summed E-state index contributed by atoms with van der Waals surface area (Å²) in [5.41, 5.74) is -0.718. The van der Waals surface area contributed by atoms with Gasteiger partial charge in [0, 0.05) is 5.88 Å². The molecule has 0 aliphatic rings. The van der Waals surface area contributed by atoms with Crippen LogP contribution in [0.25, 0.3) is 0 Å². The van der Waals surface area contributed by atoms with Gasteiger partial charge in [0.15, 0.2) is 0 Å². The van der Waals surface area contributed by atoms with Crippen LogP contribution in [0.15, 0.2) is 0 Å². The minimum absolute atomic E-state index is 0.00424. The SMILES string of the molecule is CC(CCl)P(=O)(O)O. The normalized spacial score (nSPS) is 16.0. The summed E-state index contributed by atoms with van der Waals surface area (Å²) in [4.78, 5) is 16.6. The predicted molar refractivity (Wildman–Crippen MR) is 32.2 cm³/mol. The summed E-state index contributed by atoms with van der Waals surface area (Å²) < 4.78 is 10.2. The molecule has 1 unspecified atom stereocenters. The van der Waals surface area contributed by atoms with Gasteiger partial charge in [-0.05, 0) is 6.92 Å². The fraction of sp³-hybridized carbons (Fsp3) is 1.00. The molecule has 8 heavy (non-hydrogen) atoms. The molecule has 0 saturated carbocycles. The van der Waals surface area contributed by atoms with Gasteiger partial charge < -0.3 is 9.79 Å². The van der Waals surface area contributed by atoms with Crippen molar-refractivity contribution in [2.24, 2.45) is 0 Å². The topological polar surface area (TPSA) is 57.5 Å². The largest absolute Gasteiger partial charge is 0.329 e. The molecule has 0 radical (unpaired) electrons. The highest BCUT2D eigenvalue weighted by Crippen LogP contribution is 2.40. The molecular formula is C3H8ClO3P. The van der Waals surface area contributed by atoms with Gasteiger partial charge in [-0.25, -0.2) is 0 Å². The van der Waals surface area contributed by atoms with Crippen LogP contribution < -0.4 is 0 Å². The van der Waals surface area contributed by atoms with E-state index in [9.17, 15) is 4.57 Å². The van der Waals surface area contributed by atoms with Gasteiger partial charge >= 0.3 is 7.60 Å². The Balaban J connectivity index is 3.82. The molecule has 0 heterocycles. The van der Waals surface area contributed by atoms with Gasteiger partial charge in [0.2, 0.25) is 0 Å². The Morgan fingerprint density at radius 1 is 1.75 bits per heavy atom. The highest BCUT2D eigenvalue weighted by molar-refractivity contribution is 7.52. The van der Waals surface area contributed by atoms with E-state index in [1.54, 1.807) is 0 Å². The van der Waals surface area contributed by atoms with Crippen LogP contribution in [-0.2, 0) is 4.57 Å². The Kier molecular flexibility index (Phi) is 2.99. The number of rotatable bonds is 2. The first-order valence-corrected chi connectivity index (χ1v) is 4.31. The molecule has 0 rings (SSSR count). The van der Waals surface area contributed by atoms with Crippen LogP contribution in [0, 0.1) is 0 Å². The van der Waals surface area contributed by atoms with Gasteiger partial charge in [-0.15, -0.1) is 11.6 Å². The van der Waals surface area contributed by atoms with Crippen LogP contribution in [0.4, 0.5) is 0 Å². The lowest BCUT2D eigenvalue weighted by molar-refractivity contribution is 0.364. The average Bonchev–Trinajstić information content (AvgIpc) is 1.62. The summed E-state index contributed by atoms with van der Waals surface area (Å²) in [7, 11) is -3.89. The fourth-order valence-electron chi connectivity index (χ4n) is 0.0899. The van der Waals surface area contributed by atoms with E-state index in [4.69, 9.17) is 21.4 Å². The van der Waals surface area contributed by atoms with E-state index in [0.29, 0.717) is 0 Å². The highest BCUT2D eigenvalue weighted by atomic mass is 35.5. The third kappa shape index (κ3) is 2.68. The molecule has 0 aliphatic carbocycles. The van der Waals surface area contributed by atoms with Gasteiger partial charge in [-0.1, -0.05) is 0 Å². The van der Waals surface area contributed by atoms with Crippen molar-refractivity contribution in [2.45, 2.75) is 12.6 Å². The smallest absolute Gasteiger partial charge is 0.324 e. The third-order valence-corrected chi connectivity index (χ3v) is 2.81. The van der Waals surface area contributed by atoms with Crippen LogP contribution in [0.5, 0.6) is 0 Å². The Morgan fingerprint density at radius 3 is 2.12 bits per heavy atom. The first-order chi connectivity index (χ1) is 3.48. The minimum Gasteiger partial charge on any atom is -0.324 e. The van der Waals surface area contributed by atoms with Crippen LogP contribution in [0.3, 0.4) is 0 Å². The Bertz CT molecular complexity index is 109. The van der Waals surface area contributed by atoms with E-state index in [2.05, 4.69) is 0 Å². The van der Waals surface area contributed by atoms with Crippen LogP contribution >= 0.6 is 19.2 Å². The summed E-state index contributed by atoms with van der Waals surface area (Å²) in [5, 5.41) is 0. The summed E-state index contributed by atoms with van der Waals surface area (Å²) in [6, 6.07) is 0. The van der Waals surface area contributed by atoms with Gasteiger partial charge in [0.1, 0.15) is 0 Å². The van der Waals surface area contributed by atoms with Gasteiger partial charge in [-0.2, -0.15) is 0 Å². The van der Waals surface area contributed by atoms with Gasteiger partial charge in [0.25, 0.3) is 0 Å². The third-order valence-electron chi connectivity index (χ3n) is 0.797. The maximum Gasteiger partial charge on any atom is 0.329 e. The molecule has 0 aromatic rings. The molecule has 5 heteroatoms. The van der Waals surface area contributed by atoms with Crippen LogP contribution in [0.1, 0.15) is 6.92 Å². The summed E-state index contributed by atoms with van der Waals surface area (Å²) in [6.45, 7) is 1.41. The summed E-state index contributed by atoms with van der Waals surface area (Å²) in [6.07, 6.45) is 0. The van der Waals surface area contributed by atoms with Gasteiger partial charge in [-0.3, -0.25) is 4.57 Å². The molecule has 0 aliphatic heterocycles. The predicted octanol–water partition coefficient (Wildman–Crippen LogP) is 0.791. The fourth-order valence-corrected chi connectivity index (χ4v) is 0.809. The molecule has 0 bridgehead atoms. The molecule has 50 valence electrons. The highest BCUT2D eigenvalue weighted by Gasteiger charge is 2.21. The second-order valence-corrected chi connectivity index (χ2v) is 3.96. The molecule has 2 N–H and O–H groups in total. The molecule has 0 amide bonds. The zero-order valence-corrected chi connectivity index (χ0v) is 6.06. The zero-order chi connectivity index (χ0) is 6.78. The quantitative estimate of drug-likeness (QED) is 0.462. The number of hydrogen-bond acceptors (Lipinski definition) is 1. The molecule has 0 saturated heterocycles. The van der Waals surface area contributed by atoms with Crippen molar-refractivity contribution in [1.29, 1.82) is 0 Å². The lowest BCUT2D eigenvalue weighted by atomic mass is 10.6. The van der Waals surface area contributed by atoms with E-state index >= 15 is 0 Å². The van der Waals surface area contributed by atoms with E-state index in [1.807, 2.05) is 0 Å². The molecule has 0 spiro atoms. The Morgan fingerprint density at radius 2 is 2.12 bits per heavy atom. The first-order valence-electron chi connectivity index (χ1n) is 2.09. The lowest BCUT2D eigenvalue weighted by Gasteiger charge is -2.07. The number of hydrogen-bond donors (Lipinski definition) is 2. The summed E-state index contributed by atoms with van der Waals surface area (Å²) >= 11 is 5.14. The maximum atomic E-state index is 10.2. The standard InChI is InChI=1S/C3H8ClO3P/c1-3(2-4)8(5,6)7/h3H,2H2,1H3,(H2,5,6,7). The molecule has 0 aromatic heterocycles. The summed E-state index contributed by atoms with van der Waals surface area (Å²) in [5.74, 6) is 0.00424. The van der Waals surface area contributed by atoms with E-state index in [1.165, 1.54) is 6.92 Å². The molecule has 1 atom stereocenters. The molecule has 0 fully saturated rings. The molecule has 3 nitrogen and oxygen atoms in total. The Hall–Kier alpha value is 0.440. The number of halogens is 1. The van der Waals surface area contributed by atoms with E-state index in [-0.39, 0.29) is 5.88 Å². The number of alkyl halides is 1. The maximum absolute atomic E-state index is 10.2. The van der Waals surface area contributed by atoms with Crippen molar-refractivity contribution in [3.8, 4) is 0 Å². The average molecular weight is 159 g/mol. The van der Waals surface area contributed by atoms with Crippen molar-refractivity contribution in [3.63, 3.8) is 0 Å². The minimum atomic E-state index is -3.89. The molecular weight excluding hydrogens is 150 g/mol. The second kappa shape index (κ2) is 2.83. The zero-order valence-electron chi connectivity index (χ0n) is 4.41. The van der Waals surface area contributed by atoms with Crippen molar-refractivity contribution >= 4 is 19.2 Å². The van der Waals surface area contributed by atoms with Crippen molar-refractivity contribution < 1.29 is 14.4 Å². The lowest BCUT2D eigenvalue weighted by Crippen LogP contribution is -2.03. The van der Waals surface area contributed by atoms with Crippen molar-refractivity contribution in [2.75, 3.05) is 5.88 Å². The van der Waals surface area contributed by atoms with E-state index in [0.717, 1.165) is 0 Å². The first kappa shape index (κ1) is 8.44. The van der Waals surface area contributed by atoms with Crippen LogP contribution in [-0.4, -0.2) is 21.3 Å².